The Morgan fingerprint density at radius 1 is 1.29 bits per heavy atom. The fourth-order valence-electron chi connectivity index (χ4n) is 1.65. The molecule has 0 aliphatic carbocycles. The van der Waals surface area contributed by atoms with Gasteiger partial charge in [0.2, 0.25) is 0 Å². The van der Waals surface area contributed by atoms with Crippen molar-refractivity contribution >= 4 is 17.5 Å². The molecule has 0 fully saturated rings. The summed E-state index contributed by atoms with van der Waals surface area (Å²) in [7, 11) is 0. The van der Waals surface area contributed by atoms with Crippen LogP contribution in [0.15, 0.2) is 42.7 Å². The number of carbonyl (C=O) groups excluding carboxylic acids is 1. The van der Waals surface area contributed by atoms with Crippen LogP contribution in [0.4, 0.5) is 4.39 Å². The fourth-order valence-corrected chi connectivity index (χ4v) is 1.85. The Kier molecular flexibility index (Phi) is 5.51. The molecule has 0 unspecified atom stereocenters. The number of nitrogens with one attached hydrogen (secondary N) is 1. The van der Waals surface area contributed by atoms with Crippen molar-refractivity contribution in [2.24, 2.45) is 0 Å². The SMILES string of the molecule is O=C(NCCCOc1ccc(F)cc1)c1ccncc1Cl. The van der Waals surface area contributed by atoms with Gasteiger partial charge in [0.25, 0.3) is 5.91 Å². The molecule has 0 aliphatic rings. The Morgan fingerprint density at radius 2 is 2.05 bits per heavy atom. The lowest BCUT2D eigenvalue weighted by Gasteiger charge is -2.08. The molecule has 4 nitrogen and oxygen atoms in total. The third-order valence-corrected chi connectivity index (χ3v) is 3.01. The van der Waals surface area contributed by atoms with Crippen LogP contribution in [0.5, 0.6) is 5.75 Å². The van der Waals surface area contributed by atoms with E-state index in [0.29, 0.717) is 35.9 Å². The maximum absolute atomic E-state index is 12.7. The lowest BCUT2D eigenvalue weighted by Crippen LogP contribution is -2.25. The van der Waals surface area contributed by atoms with Gasteiger partial charge in [-0.15, -0.1) is 0 Å². The number of carbonyl (C=O) groups is 1. The molecule has 0 saturated carbocycles. The quantitative estimate of drug-likeness (QED) is 0.834. The minimum absolute atomic E-state index is 0.246. The molecule has 110 valence electrons. The molecule has 0 atom stereocenters. The Morgan fingerprint density at radius 3 is 2.76 bits per heavy atom. The van der Waals surface area contributed by atoms with Crippen molar-refractivity contribution in [2.45, 2.75) is 6.42 Å². The summed E-state index contributed by atoms with van der Waals surface area (Å²) in [4.78, 5) is 15.6. The molecule has 1 amide bonds. The largest absolute Gasteiger partial charge is 0.494 e. The second-order valence-corrected chi connectivity index (χ2v) is 4.67. The molecular weight excluding hydrogens is 295 g/mol. The molecule has 2 aromatic rings. The number of amides is 1. The van der Waals surface area contributed by atoms with Crippen molar-refractivity contribution in [3.05, 3.63) is 59.1 Å². The van der Waals surface area contributed by atoms with Crippen LogP contribution >= 0.6 is 11.6 Å². The lowest BCUT2D eigenvalue weighted by atomic mass is 10.2. The normalized spacial score (nSPS) is 10.2. The Hall–Kier alpha value is -2.14. The minimum atomic E-state index is -0.302. The summed E-state index contributed by atoms with van der Waals surface area (Å²) >= 11 is 5.87. The van der Waals surface area contributed by atoms with E-state index < -0.39 is 0 Å². The molecule has 2 rings (SSSR count). The van der Waals surface area contributed by atoms with E-state index in [2.05, 4.69) is 10.3 Å². The monoisotopic (exact) mass is 308 g/mol. The average molecular weight is 309 g/mol. The van der Waals surface area contributed by atoms with Crippen LogP contribution < -0.4 is 10.1 Å². The molecule has 1 N–H and O–H groups in total. The maximum atomic E-state index is 12.7. The van der Waals surface area contributed by atoms with Crippen molar-refractivity contribution in [3.8, 4) is 5.75 Å². The highest BCUT2D eigenvalue weighted by atomic mass is 35.5. The molecule has 0 bridgehead atoms. The van der Waals surface area contributed by atoms with Gasteiger partial charge in [0.15, 0.2) is 0 Å². The maximum Gasteiger partial charge on any atom is 0.252 e. The Labute approximate surface area is 126 Å². The number of aromatic nitrogens is 1. The highest BCUT2D eigenvalue weighted by Gasteiger charge is 2.08. The smallest absolute Gasteiger partial charge is 0.252 e. The van der Waals surface area contributed by atoms with Crippen LogP contribution in [-0.2, 0) is 0 Å². The molecular formula is C15H14ClFN2O2. The van der Waals surface area contributed by atoms with Crippen LogP contribution in [0.3, 0.4) is 0 Å². The first kappa shape index (κ1) is 15.3. The predicted molar refractivity (Wildman–Crippen MR) is 78.1 cm³/mol. The Balaban J connectivity index is 1.69. The van der Waals surface area contributed by atoms with Gasteiger partial charge in [0.1, 0.15) is 11.6 Å². The van der Waals surface area contributed by atoms with E-state index in [1.165, 1.54) is 24.5 Å². The molecule has 1 heterocycles. The van der Waals surface area contributed by atoms with Crippen LogP contribution in [0.25, 0.3) is 0 Å². The van der Waals surface area contributed by atoms with Crippen molar-refractivity contribution in [2.75, 3.05) is 13.2 Å². The molecule has 0 aliphatic heterocycles. The van der Waals surface area contributed by atoms with Gasteiger partial charge in [-0.3, -0.25) is 9.78 Å². The number of pyridine rings is 1. The lowest BCUT2D eigenvalue weighted by molar-refractivity contribution is 0.0951. The molecule has 0 spiro atoms. The number of rotatable bonds is 6. The van der Waals surface area contributed by atoms with Gasteiger partial charge in [-0.1, -0.05) is 11.6 Å². The number of benzene rings is 1. The second kappa shape index (κ2) is 7.59. The summed E-state index contributed by atoms with van der Waals surface area (Å²) in [6.45, 7) is 0.884. The van der Waals surface area contributed by atoms with Crippen molar-refractivity contribution < 1.29 is 13.9 Å². The van der Waals surface area contributed by atoms with Gasteiger partial charge in [-0.05, 0) is 36.8 Å². The first-order chi connectivity index (χ1) is 10.2. The zero-order valence-electron chi connectivity index (χ0n) is 11.2. The van der Waals surface area contributed by atoms with Gasteiger partial charge < -0.3 is 10.1 Å². The number of nitrogens with zero attached hydrogens (tertiary/aromatic N) is 1. The molecule has 1 aromatic heterocycles. The highest BCUT2D eigenvalue weighted by Crippen LogP contribution is 2.13. The van der Waals surface area contributed by atoms with Crippen molar-refractivity contribution in [3.63, 3.8) is 0 Å². The summed E-state index contributed by atoms with van der Waals surface area (Å²) in [6.07, 6.45) is 3.57. The Bertz CT molecular complexity index is 605. The molecule has 0 radical (unpaired) electrons. The third kappa shape index (κ3) is 4.72. The average Bonchev–Trinajstić information content (AvgIpc) is 2.49. The van der Waals surface area contributed by atoms with E-state index in [1.807, 2.05) is 0 Å². The van der Waals surface area contributed by atoms with Crippen LogP contribution in [-0.4, -0.2) is 24.0 Å². The standard InChI is InChI=1S/C15H14ClFN2O2/c16-14-10-18-8-6-13(14)15(20)19-7-1-9-21-12-4-2-11(17)3-5-12/h2-6,8,10H,1,7,9H2,(H,19,20). The second-order valence-electron chi connectivity index (χ2n) is 4.27. The van der Waals surface area contributed by atoms with Crippen molar-refractivity contribution in [1.82, 2.24) is 10.3 Å². The van der Waals surface area contributed by atoms with Gasteiger partial charge in [0, 0.05) is 18.9 Å². The van der Waals surface area contributed by atoms with E-state index in [1.54, 1.807) is 18.2 Å². The first-order valence-corrected chi connectivity index (χ1v) is 6.80. The topological polar surface area (TPSA) is 51.2 Å². The molecule has 21 heavy (non-hydrogen) atoms. The third-order valence-electron chi connectivity index (χ3n) is 2.71. The number of halogens is 2. The minimum Gasteiger partial charge on any atom is -0.494 e. The van der Waals surface area contributed by atoms with E-state index in [-0.39, 0.29) is 11.7 Å². The predicted octanol–water partition coefficient (Wildman–Crippen LogP) is 3.07. The van der Waals surface area contributed by atoms with E-state index in [9.17, 15) is 9.18 Å². The number of hydrogen-bond donors (Lipinski definition) is 1. The van der Waals surface area contributed by atoms with Crippen LogP contribution in [0.2, 0.25) is 5.02 Å². The van der Waals surface area contributed by atoms with Crippen LogP contribution in [0.1, 0.15) is 16.8 Å². The molecule has 0 saturated heterocycles. The van der Waals surface area contributed by atoms with Gasteiger partial charge >= 0.3 is 0 Å². The summed E-state index contributed by atoms with van der Waals surface area (Å²) in [5.74, 6) is 0.0490. The van der Waals surface area contributed by atoms with Gasteiger partial charge in [0.05, 0.1) is 17.2 Å². The fraction of sp³-hybridized carbons (Fsp3) is 0.200. The summed E-state index contributed by atoms with van der Waals surface area (Å²) in [6, 6.07) is 7.35. The zero-order valence-corrected chi connectivity index (χ0v) is 11.9. The van der Waals surface area contributed by atoms with Crippen molar-refractivity contribution in [1.29, 1.82) is 0 Å². The van der Waals surface area contributed by atoms with Gasteiger partial charge in [-0.25, -0.2) is 4.39 Å². The van der Waals surface area contributed by atoms with Crippen LogP contribution in [0, 0.1) is 5.82 Å². The summed E-state index contributed by atoms with van der Waals surface area (Å²) in [5.41, 5.74) is 0.395. The van der Waals surface area contributed by atoms with E-state index >= 15 is 0 Å². The summed E-state index contributed by atoms with van der Waals surface area (Å²) < 4.78 is 18.1. The summed E-state index contributed by atoms with van der Waals surface area (Å²) in [5, 5.41) is 3.06. The zero-order chi connectivity index (χ0) is 15.1. The highest BCUT2D eigenvalue weighted by molar-refractivity contribution is 6.33. The van der Waals surface area contributed by atoms with E-state index in [0.717, 1.165) is 0 Å². The first-order valence-electron chi connectivity index (χ1n) is 6.43. The molecule has 1 aromatic carbocycles. The van der Waals surface area contributed by atoms with E-state index in [4.69, 9.17) is 16.3 Å². The van der Waals surface area contributed by atoms with Gasteiger partial charge in [-0.2, -0.15) is 0 Å². The number of hydrogen-bond acceptors (Lipinski definition) is 3. The number of ether oxygens (including phenoxy) is 1. The molecule has 6 heteroatoms.